The number of pyridine rings is 1. The molecule has 0 spiro atoms. The summed E-state index contributed by atoms with van der Waals surface area (Å²) in [4.78, 5) is 31.8. The minimum absolute atomic E-state index is 0.239. The van der Waals surface area contributed by atoms with Crippen molar-refractivity contribution in [2.75, 3.05) is 17.2 Å². The molecule has 0 fully saturated rings. The van der Waals surface area contributed by atoms with Gasteiger partial charge in [-0.1, -0.05) is 11.3 Å². The third kappa shape index (κ3) is 3.66. The van der Waals surface area contributed by atoms with E-state index in [0.29, 0.717) is 23.0 Å². The zero-order valence-corrected chi connectivity index (χ0v) is 13.6. The SMILES string of the molecule is CCOC(=O)Nc1nc2ccc(NC(=O)c3cccnc3)cc2s1. The van der Waals surface area contributed by atoms with E-state index in [0.717, 1.165) is 10.2 Å². The van der Waals surface area contributed by atoms with E-state index in [9.17, 15) is 9.59 Å². The first kappa shape index (κ1) is 15.9. The van der Waals surface area contributed by atoms with Crippen molar-refractivity contribution in [3.8, 4) is 0 Å². The first-order valence-electron chi connectivity index (χ1n) is 7.21. The van der Waals surface area contributed by atoms with Crippen molar-refractivity contribution in [2.24, 2.45) is 0 Å². The number of anilines is 2. The number of carbonyl (C=O) groups excluding carboxylic acids is 2. The lowest BCUT2D eigenvalue weighted by molar-refractivity contribution is 0.102. The van der Waals surface area contributed by atoms with Gasteiger partial charge in [-0.15, -0.1) is 0 Å². The zero-order valence-electron chi connectivity index (χ0n) is 12.8. The number of ether oxygens (including phenoxy) is 1. The number of carbonyl (C=O) groups is 2. The van der Waals surface area contributed by atoms with Crippen LogP contribution in [0.2, 0.25) is 0 Å². The molecule has 0 aliphatic carbocycles. The van der Waals surface area contributed by atoms with Crippen molar-refractivity contribution < 1.29 is 14.3 Å². The van der Waals surface area contributed by atoms with Gasteiger partial charge >= 0.3 is 6.09 Å². The maximum atomic E-state index is 12.1. The van der Waals surface area contributed by atoms with Crippen LogP contribution in [0.4, 0.5) is 15.6 Å². The predicted octanol–water partition coefficient (Wildman–Crippen LogP) is 3.51. The number of thiazole rings is 1. The van der Waals surface area contributed by atoms with Gasteiger partial charge in [-0.3, -0.25) is 15.1 Å². The molecule has 0 aliphatic rings. The number of hydrogen-bond donors (Lipinski definition) is 2. The molecule has 8 heteroatoms. The monoisotopic (exact) mass is 342 g/mol. The topological polar surface area (TPSA) is 93.2 Å². The van der Waals surface area contributed by atoms with E-state index >= 15 is 0 Å². The van der Waals surface area contributed by atoms with Crippen LogP contribution in [0.5, 0.6) is 0 Å². The van der Waals surface area contributed by atoms with E-state index in [4.69, 9.17) is 4.74 Å². The van der Waals surface area contributed by atoms with Gasteiger partial charge in [0.1, 0.15) is 0 Å². The predicted molar refractivity (Wildman–Crippen MR) is 92.5 cm³/mol. The molecule has 0 bridgehead atoms. The molecule has 122 valence electrons. The molecule has 0 aliphatic heterocycles. The minimum atomic E-state index is -0.540. The van der Waals surface area contributed by atoms with Crippen molar-refractivity contribution in [1.29, 1.82) is 0 Å². The average Bonchev–Trinajstić information content (AvgIpc) is 2.97. The summed E-state index contributed by atoms with van der Waals surface area (Å²) >= 11 is 1.30. The average molecular weight is 342 g/mol. The van der Waals surface area contributed by atoms with Crippen molar-refractivity contribution >= 4 is 44.4 Å². The van der Waals surface area contributed by atoms with Crippen LogP contribution in [0.15, 0.2) is 42.7 Å². The molecule has 3 aromatic rings. The molecule has 7 nitrogen and oxygen atoms in total. The van der Waals surface area contributed by atoms with Gasteiger partial charge in [0.25, 0.3) is 5.91 Å². The lowest BCUT2D eigenvalue weighted by Crippen LogP contribution is -2.12. The number of amides is 2. The molecule has 0 unspecified atom stereocenters. The van der Waals surface area contributed by atoms with Gasteiger partial charge in [0.05, 0.1) is 22.4 Å². The Bertz CT molecular complexity index is 879. The summed E-state index contributed by atoms with van der Waals surface area (Å²) in [6.45, 7) is 2.02. The molecule has 3 rings (SSSR count). The fourth-order valence-electron chi connectivity index (χ4n) is 2.01. The van der Waals surface area contributed by atoms with Gasteiger partial charge in [-0.05, 0) is 37.3 Å². The summed E-state index contributed by atoms with van der Waals surface area (Å²) < 4.78 is 5.66. The number of rotatable bonds is 4. The summed E-state index contributed by atoms with van der Waals surface area (Å²) in [7, 11) is 0. The van der Waals surface area contributed by atoms with Crippen molar-refractivity contribution in [3.05, 3.63) is 48.3 Å². The lowest BCUT2D eigenvalue weighted by atomic mass is 10.2. The van der Waals surface area contributed by atoms with Crippen LogP contribution in [0.25, 0.3) is 10.2 Å². The molecule has 0 saturated heterocycles. The summed E-state index contributed by atoms with van der Waals surface area (Å²) in [5, 5.41) is 5.82. The van der Waals surface area contributed by atoms with Crippen LogP contribution in [0, 0.1) is 0 Å². The summed E-state index contributed by atoms with van der Waals surface area (Å²) in [5.74, 6) is -0.239. The van der Waals surface area contributed by atoms with Crippen LogP contribution in [-0.4, -0.2) is 28.6 Å². The van der Waals surface area contributed by atoms with Gasteiger partial charge in [0.2, 0.25) is 0 Å². The highest BCUT2D eigenvalue weighted by Gasteiger charge is 2.10. The first-order chi connectivity index (χ1) is 11.7. The highest BCUT2D eigenvalue weighted by molar-refractivity contribution is 7.22. The van der Waals surface area contributed by atoms with E-state index in [-0.39, 0.29) is 5.91 Å². The van der Waals surface area contributed by atoms with Gasteiger partial charge in [-0.2, -0.15) is 0 Å². The third-order valence-corrected chi connectivity index (χ3v) is 3.99. The summed E-state index contributed by atoms with van der Waals surface area (Å²) in [6.07, 6.45) is 2.57. The Hall–Kier alpha value is -3.00. The second kappa shape index (κ2) is 7.05. The van der Waals surface area contributed by atoms with E-state index in [1.165, 1.54) is 17.5 Å². The van der Waals surface area contributed by atoms with Gasteiger partial charge in [-0.25, -0.2) is 9.78 Å². The second-order valence-corrected chi connectivity index (χ2v) is 5.77. The van der Waals surface area contributed by atoms with Crippen molar-refractivity contribution in [3.63, 3.8) is 0 Å². The van der Waals surface area contributed by atoms with Gasteiger partial charge in [0.15, 0.2) is 5.13 Å². The van der Waals surface area contributed by atoms with Gasteiger partial charge < -0.3 is 10.1 Å². The summed E-state index contributed by atoms with van der Waals surface area (Å²) in [5.41, 5.74) is 1.85. The number of hydrogen-bond acceptors (Lipinski definition) is 6. The molecule has 0 radical (unpaired) electrons. The standard InChI is InChI=1S/C16H14N4O3S/c1-2-23-16(22)20-15-19-12-6-5-11(8-13(12)24-15)18-14(21)10-4-3-7-17-9-10/h3-9H,2H2,1H3,(H,18,21)(H,19,20,22). The molecular weight excluding hydrogens is 328 g/mol. The maximum Gasteiger partial charge on any atom is 0.413 e. The highest BCUT2D eigenvalue weighted by Crippen LogP contribution is 2.28. The Labute approximate surface area is 141 Å². The Morgan fingerprint density at radius 1 is 1.25 bits per heavy atom. The van der Waals surface area contributed by atoms with E-state index in [1.807, 2.05) is 0 Å². The molecular formula is C16H14N4O3S. The highest BCUT2D eigenvalue weighted by atomic mass is 32.1. The molecule has 2 heterocycles. The van der Waals surface area contributed by atoms with Crippen LogP contribution in [-0.2, 0) is 4.74 Å². The number of fused-ring (bicyclic) bond motifs is 1. The third-order valence-electron chi connectivity index (χ3n) is 3.05. The number of nitrogens with zero attached hydrogens (tertiary/aromatic N) is 2. The molecule has 1 aromatic carbocycles. The maximum absolute atomic E-state index is 12.1. The zero-order chi connectivity index (χ0) is 16.9. The number of nitrogens with one attached hydrogen (secondary N) is 2. The Kier molecular flexibility index (Phi) is 4.66. The van der Waals surface area contributed by atoms with Crippen LogP contribution in [0.3, 0.4) is 0 Å². The minimum Gasteiger partial charge on any atom is -0.450 e. The fourth-order valence-corrected chi connectivity index (χ4v) is 2.90. The quantitative estimate of drug-likeness (QED) is 0.757. The smallest absolute Gasteiger partial charge is 0.413 e. The molecule has 2 N–H and O–H groups in total. The molecule has 2 aromatic heterocycles. The normalized spacial score (nSPS) is 10.4. The van der Waals surface area contributed by atoms with Crippen LogP contribution in [0.1, 0.15) is 17.3 Å². The van der Waals surface area contributed by atoms with Crippen LogP contribution < -0.4 is 10.6 Å². The molecule has 0 saturated carbocycles. The van der Waals surface area contributed by atoms with E-state index in [1.54, 1.807) is 43.5 Å². The second-order valence-electron chi connectivity index (χ2n) is 4.74. The largest absolute Gasteiger partial charge is 0.450 e. The fraction of sp³-hybridized carbons (Fsp3) is 0.125. The van der Waals surface area contributed by atoms with E-state index < -0.39 is 6.09 Å². The molecule has 2 amide bonds. The van der Waals surface area contributed by atoms with Crippen molar-refractivity contribution in [1.82, 2.24) is 9.97 Å². The van der Waals surface area contributed by atoms with Gasteiger partial charge in [0, 0.05) is 18.1 Å². The lowest BCUT2D eigenvalue weighted by Gasteiger charge is -2.04. The number of aromatic nitrogens is 2. The number of benzene rings is 1. The Morgan fingerprint density at radius 3 is 2.88 bits per heavy atom. The Balaban J connectivity index is 1.76. The van der Waals surface area contributed by atoms with Crippen molar-refractivity contribution in [2.45, 2.75) is 6.92 Å². The molecule has 24 heavy (non-hydrogen) atoms. The molecule has 0 atom stereocenters. The van der Waals surface area contributed by atoms with Crippen LogP contribution >= 0.6 is 11.3 Å². The summed E-state index contributed by atoms with van der Waals surface area (Å²) in [6, 6.07) is 8.73. The Morgan fingerprint density at radius 2 is 2.12 bits per heavy atom. The van der Waals surface area contributed by atoms with E-state index in [2.05, 4.69) is 20.6 Å². The first-order valence-corrected chi connectivity index (χ1v) is 8.03.